The van der Waals surface area contributed by atoms with Gasteiger partial charge in [0.2, 0.25) is 0 Å². The number of rotatable bonds is 10. The molecule has 0 heterocycles. The van der Waals surface area contributed by atoms with E-state index in [0.29, 0.717) is 12.8 Å². The highest BCUT2D eigenvalue weighted by Gasteiger charge is 2.31. The van der Waals surface area contributed by atoms with Crippen LogP contribution in [0.4, 0.5) is 0 Å². The summed E-state index contributed by atoms with van der Waals surface area (Å²) in [5.41, 5.74) is 4.87. The third-order valence-electron chi connectivity index (χ3n) is 3.91. The molecule has 0 aliphatic heterocycles. The summed E-state index contributed by atoms with van der Waals surface area (Å²) in [6, 6.07) is 0. The molecule has 18 heavy (non-hydrogen) atoms. The van der Waals surface area contributed by atoms with Crippen LogP contribution in [0.3, 0.4) is 0 Å². The number of nitrogens with zero attached hydrogens (tertiary/aromatic N) is 1. The van der Waals surface area contributed by atoms with E-state index in [9.17, 15) is 4.79 Å². The van der Waals surface area contributed by atoms with Crippen molar-refractivity contribution in [2.24, 2.45) is 11.7 Å². The first-order chi connectivity index (χ1) is 8.51. The van der Waals surface area contributed by atoms with Crippen molar-refractivity contribution in [3.8, 4) is 0 Å². The molecule has 1 saturated carbocycles. The highest BCUT2D eigenvalue weighted by Crippen LogP contribution is 2.30. The fourth-order valence-corrected chi connectivity index (χ4v) is 2.33. The van der Waals surface area contributed by atoms with E-state index < -0.39 is 11.5 Å². The minimum atomic E-state index is -1.03. The molecule has 0 aromatic carbocycles. The molecule has 1 unspecified atom stereocenters. The Bertz CT molecular complexity index is 267. The number of nitrogens with two attached hydrogens (primary N) is 1. The van der Waals surface area contributed by atoms with Gasteiger partial charge >= 0.3 is 5.97 Å². The van der Waals surface area contributed by atoms with Crippen molar-refractivity contribution in [3.05, 3.63) is 0 Å². The molecule has 3 N–H and O–H groups in total. The molecule has 0 spiro atoms. The van der Waals surface area contributed by atoms with Gasteiger partial charge in [-0.25, -0.2) is 0 Å². The summed E-state index contributed by atoms with van der Waals surface area (Å²) in [6.07, 6.45) is 5.84. The third-order valence-corrected chi connectivity index (χ3v) is 3.91. The lowest BCUT2D eigenvalue weighted by Gasteiger charge is -2.26. The molecule has 1 atom stereocenters. The molecule has 0 bridgehead atoms. The second-order valence-electron chi connectivity index (χ2n) is 5.66. The van der Waals surface area contributed by atoms with Gasteiger partial charge in [0, 0.05) is 6.54 Å². The second kappa shape index (κ2) is 7.10. The minimum absolute atomic E-state index is 0.499. The molecule has 1 fully saturated rings. The predicted octanol–water partition coefficient (Wildman–Crippen LogP) is 2.08. The Balaban J connectivity index is 2.29. The van der Waals surface area contributed by atoms with E-state index in [1.165, 1.54) is 19.4 Å². The summed E-state index contributed by atoms with van der Waals surface area (Å²) in [7, 11) is 0. The van der Waals surface area contributed by atoms with E-state index >= 15 is 0 Å². The zero-order valence-corrected chi connectivity index (χ0v) is 11.8. The Morgan fingerprint density at radius 2 is 2.06 bits per heavy atom. The van der Waals surface area contributed by atoms with Crippen molar-refractivity contribution in [1.29, 1.82) is 0 Å². The Labute approximate surface area is 111 Å². The van der Waals surface area contributed by atoms with Gasteiger partial charge in [-0.1, -0.05) is 13.8 Å². The number of carbonyl (C=O) groups is 1. The molecule has 4 nitrogen and oxygen atoms in total. The lowest BCUT2D eigenvalue weighted by Crippen LogP contribution is -2.47. The zero-order chi connectivity index (χ0) is 13.6. The van der Waals surface area contributed by atoms with Gasteiger partial charge in [-0.2, -0.15) is 0 Å². The van der Waals surface area contributed by atoms with E-state index in [2.05, 4.69) is 11.8 Å². The fraction of sp³-hybridized carbons (Fsp3) is 0.929. The Kier molecular flexibility index (Phi) is 6.09. The number of carboxylic acid groups (broad SMARTS) is 1. The van der Waals surface area contributed by atoms with Gasteiger partial charge in [-0.05, 0) is 57.5 Å². The van der Waals surface area contributed by atoms with E-state index in [-0.39, 0.29) is 0 Å². The number of carboxylic acids is 1. The van der Waals surface area contributed by atoms with Crippen LogP contribution in [0.5, 0.6) is 0 Å². The molecule has 0 aromatic rings. The van der Waals surface area contributed by atoms with Crippen LogP contribution in [0, 0.1) is 5.92 Å². The average Bonchev–Trinajstić information content (AvgIpc) is 3.12. The smallest absolute Gasteiger partial charge is 0.323 e. The minimum Gasteiger partial charge on any atom is -0.480 e. The standard InChI is InChI=1S/C14H28N2O2/c1-3-9-16(11-12-6-7-12)10-5-8-14(15,4-2)13(17)18/h12H,3-11,15H2,1-2H3,(H,17,18). The van der Waals surface area contributed by atoms with Crippen LogP contribution in [-0.4, -0.2) is 41.1 Å². The molecule has 1 rings (SSSR count). The fourth-order valence-electron chi connectivity index (χ4n) is 2.33. The van der Waals surface area contributed by atoms with E-state index in [0.717, 1.165) is 31.8 Å². The highest BCUT2D eigenvalue weighted by molar-refractivity contribution is 5.78. The van der Waals surface area contributed by atoms with Gasteiger partial charge in [0.1, 0.15) is 5.54 Å². The molecule has 1 aliphatic rings. The summed E-state index contributed by atoms with van der Waals surface area (Å²) in [6.45, 7) is 7.33. The van der Waals surface area contributed by atoms with Gasteiger partial charge in [0.25, 0.3) is 0 Å². The summed E-state index contributed by atoms with van der Waals surface area (Å²) in [5, 5.41) is 9.12. The van der Waals surface area contributed by atoms with Crippen molar-refractivity contribution >= 4 is 5.97 Å². The summed E-state index contributed by atoms with van der Waals surface area (Å²) < 4.78 is 0. The van der Waals surface area contributed by atoms with Gasteiger partial charge in [0.05, 0.1) is 0 Å². The zero-order valence-electron chi connectivity index (χ0n) is 11.8. The van der Waals surface area contributed by atoms with Crippen molar-refractivity contribution in [3.63, 3.8) is 0 Å². The molecule has 0 saturated heterocycles. The van der Waals surface area contributed by atoms with E-state index in [1.54, 1.807) is 0 Å². The van der Waals surface area contributed by atoms with Gasteiger partial charge in [-0.3, -0.25) is 4.79 Å². The van der Waals surface area contributed by atoms with E-state index in [4.69, 9.17) is 10.8 Å². The third kappa shape index (κ3) is 4.94. The monoisotopic (exact) mass is 256 g/mol. The predicted molar refractivity (Wildman–Crippen MR) is 73.5 cm³/mol. The first-order valence-corrected chi connectivity index (χ1v) is 7.26. The first-order valence-electron chi connectivity index (χ1n) is 7.26. The van der Waals surface area contributed by atoms with Crippen molar-refractivity contribution < 1.29 is 9.90 Å². The summed E-state index contributed by atoms with van der Waals surface area (Å²) >= 11 is 0. The molecular weight excluding hydrogens is 228 g/mol. The normalized spacial score (nSPS) is 18.9. The molecule has 0 radical (unpaired) electrons. The van der Waals surface area contributed by atoms with Crippen LogP contribution < -0.4 is 5.73 Å². The number of hydrogen-bond donors (Lipinski definition) is 2. The summed E-state index contributed by atoms with van der Waals surface area (Å²) in [5.74, 6) is 0.0269. The molecular formula is C14H28N2O2. The molecule has 0 amide bonds. The number of hydrogen-bond acceptors (Lipinski definition) is 3. The van der Waals surface area contributed by atoms with Crippen LogP contribution in [0.15, 0.2) is 0 Å². The SMILES string of the molecule is CCCN(CCCC(N)(CC)C(=O)O)CC1CC1. The van der Waals surface area contributed by atoms with Crippen LogP contribution in [-0.2, 0) is 4.79 Å². The molecule has 0 aromatic heterocycles. The maximum Gasteiger partial charge on any atom is 0.323 e. The Hall–Kier alpha value is -0.610. The topological polar surface area (TPSA) is 66.6 Å². The quantitative estimate of drug-likeness (QED) is 0.628. The van der Waals surface area contributed by atoms with Gasteiger partial charge in [0.15, 0.2) is 0 Å². The largest absolute Gasteiger partial charge is 0.480 e. The van der Waals surface area contributed by atoms with Crippen LogP contribution >= 0.6 is 0 Å². The molecule has 1 aliphatic carbocycles. The molecule has 4 heteroatoms. The lowest BCUT2D eigenvalue weighted by atomic mass is 9.92. The van der Waals surface area contributed by atoms with Gasteiger partial charge in [-0.15, -0.1) is 0 Å². The number of aliphatic carboxylic acids is 1. The van der Waals surface area contributed by atoms with E-state index in [1.807, 2.05) is 6.92 Å². The lowest BCUT2D eigenvalue weighted by molar-refractivity contribution is -0.143. The van der Waals surface area contributed by atoms with Crippen LogP contribution in [0.2, 0.25) is 0 Å². The summed E-state index contributed by atoms with van der Waals surface area (Å²) in [4.78, 5) is 13.6. The second-order valence-corrected chi connectivity index (χ2v) is 5.66. The van der Waals surface area contributed by atoms with Crippen molar-refractivity contribution in [2.45, 2.75) is 57.9 Å². The maximum atomic E-state index is 11.1. The first kappa shape index (κ1) is 15.4. The Morgan fingerprint density at radius 1 is 1.39 bits per heavy atom. The highest BCUT2D eigenvalue weighted by atomic mass is 16.4. The van der Waals surface area contributed by atoms with Crippen LogP contribution in [0.1, 0.15) is 52.4 Å². The van der Waals surface area contributed by atoms with Crippen LogP contribution in [0.25, 0.3) is 0 Å². The van der Waals surface area contributed by atoms with Crippen molar-refractivity contribution in [1.82, 2.24) is 4.90 Å². The molecule has 106 valence electrons. The van der Waals surface area contributed by atoms with Crippen molar-refractivity contribution in [2.75, 3.05) is 19.6 Å². The maximum absolute atomic E-state index is 11.1. The average molecular weight is 256 g/mol. The Morgan fingerprint density at radius 3 is 2.50 bits per heavy atom. The van der Waals surface area contributed by atoms with Gasteiger partial charge < -0.3 is 15.7 Å².